The van der Waals surface area contributed by atoms with Gasteiger partial charge in [0.25, 0.3) is 5.56 Å². The van der Waals surface area contributed by atoms with E-state index in [1.54, 1.807) is 4.40 Å². The summed E-state index contributed by atoms with van der Waals surface area (Å²) in [6.45, 7) is 3.46. The van der Waals surface area contributed by atoms with Crippen LogP contribution in [0.4, 0.5) is 5.69 Å². The fourth-order valence-corrected chi connectivity index (χ4v) is 3.55. The van der Waals surface area contributed by atoms with Crippen molar-refractivity contribution in [1.29, 1.82) is 0 Å². The van der Waals surface area contributed by atoms with Crippen molar-refractivity contribution >= 4 is 28.9 Å². The number of aromatic nitrogens is 2. The average Bonchev–Trinajstić information content (AvgIpc) is 2.64. The zero-order chi connectivity index (χ0) is 19.0. The highest BCUT2D eigenvalue weighted by Crippen LogP contribution is 2.30. The molecule has 2 aromatic heterocycles. The van der Waals surface area contributed by atoms with Gasteiger partial charge in [0, 0.05) is 24.4 Å². The van der Waals surface area contributed by atoms with Crippen molar-refractivity contribution in [2.75, 3.05) is 5.32 Å². The molecule has 5 heteroatoms. The first-order chi connectivity index (χ1) is 13.0. The molecule has 0 aliphatic heterocycles. The maximum absolute atomic E-state index is 12.9. The van der Waals surface area contributed by atoms with Crippen LogP contribution < -0.4 is 10.9 Å². The van der Waals surface area contributed by atoms with Gasteiger partial charge >= 0.3 is 0 Å². The molecule has 27 heavy (non-hydrogen) atoms. The number of nitrogens with zero attached hydrogens (tertiary/aromatic N) is 2. The smallest absolute Gasteiger partial charge is 0.261 e. The summed E-state index contributed by atoms with van der Waals surface area (Å²) >= 11 is 0. The van der Waals surface area contributed by atoms with Crippen LogP contribution in [0.15, 0.2) is 47.4 Å². The maximum atomic E-state index is 12.9. The summed E-state index contributed by atoms with van der Waals surface area (Å²) in [5, 5.41) is 2.77. The highest BCUT2D eigenvalue weighted by Gasteiger charge is 2.20. The summed E-state index contributed by atoms with van der Waals surface area (Å²) in [4.78, 5) is 28.9. The van der Waals surface area contributed by atoms with Gasteiger partial charge in [0.05, 0.1) is 5.69 Å². The van der Waals surface area contributed by atoms with E-state index >= 15 is 0 Å². The zero-order valence-electron chi connectivity index (χ0n) is 15.5. The first-order valence-corrected chi connectivity index (χ1v) is 9.12. The molecule has 0 saturated heterocycles. The van der Waals surface area contributed by atoms with Crippen LogP contribution in [0.5, 0.6) is 0 Å². The molecule has 0 saturated carbocycles. The standard InChI is InChI=1S/C22H21N3O2/c1-14-6-11-20-24-21-17(4-3-5-19(21)22(27)25(20)13-14)12-16-7-9-18(10-8-16)23-15(2)26/h6-13H,3-5H2,1-2H3,(H,23,26)/b17-12-. The lowest BCUT2D eigenvalue weighted by Gasteiger charge is -2.18. The maximum Gasteiger partial charge on any atom is 0.261 e. The van der Waals surface area contributed by atoms with Gasteiger partial charge in [-0.05, 0) is 67.2 Å². The Kier molecular flexibility index (Phi) is 4.36. The Morgan fingerprint density at radius 2 is 1.93 bits per heavy atom. The van der Waals surface area contributed by atoms with E-state index in [9.17, 15) is 9.59 Å². The van der Waals surface area contributed by atoms with Crippen molar-refractivity contribution < 1.29 is 4.79 Å². The third-order valence-corrected chi connectivity index (χ3v) is 4.81. The van der Waals surface area contributed by atoms with E-state index in [4.69, 9.17) is 4.98 Å². The van der Waals surface area contributed by atoms with E-state index in [2.05, 4.69) is 11.4 Å². The number of amides is 1. The van der Waals surface area contributed by atoms with Crippen LogP contribution in [0.2, 0.25) is 0 Å². The number of pyridine rings is 1. The Balaban J connectivity index is 1.77. The number of fused-ring (bicyclic) bond motifs is 2. The summed E-state index contributed by atoms with van der Waals surface area (Å²) in [6.07, 6.45) is 6.54. The minimum atomic E-state index is -0.0888. The van der Waals surface area contributed by atoms with Crippen molar-refractivity contribution in [1.82, 2.24) is 9.38 Å². The fraction of sp³-hybridized carbons (Fsp3) is 0.227. The molecule has 5 nitrogen and oxygen atoms in total. The van der Waals surface area contributed by atoms with Crippen LogP contribution in [-0.4, -0.2) is 15.3 Å². The molecule has 0 spiro atoms. The molecule has 1 amide bonds. The highest BCUT2D eigenvalue weighted by molar-refractivity contribution is 5.89. The SMILES string of the molecule is CC(=O)Nc1ccc(/C=C2/CCCc3c2nc2ccc(C)cn2c3=O)cc1. The Bertz CT molecular complexity index is 1120. The topological polar surface area (TPSA) is 63.5 Å². The van der Waals surface area contributed by atoms with Gasteiger partial charge in [-0.15, -0.1) is 0 Å². The van der Waals surface area contributed by atoms with Crippen molar-refractivity contribution in [3.05, 3.63) is 75.3 Å². The van der Waals surface area contributed by atoms with Gasteiger partial charge in [0.15, 0.2) is 0 Å². The number of carbonyl (C=O) groups excluding carboxylic acids is 1. The first-order valence-electron chi connectivity index (χ1n) is 9.12. The number of benzene rings is 1. The lowest BCUT2D eigenvalue weighted by Crippen LogP contribution is -2.24. The zero-order valence-corrected chi connectivity index (χ0v) is 15.5. The average molecular weight is 359 g/mol. The van der Waals surface area contributed by atoms with Crippen LogP contribution in [0.3, 0.4) is 0 Å². The van der Waals surface area contributed by atoms with Gasteiger partial charge in [-0.2, -0.15) is 0 Å². The predicted molar refractivity (Wildman–Crippen MR) is 108 cm³/mol. The molecule has 0 atom stereocenters. The Labute approximate surface area is 157 Å². The third-order valence-electron chi connectivity index (χ3n) is 4.81. The molecular formula is C22H21N3O2. The normalized spacial score (nSPS) is 15.0. The van der Waals surface area contributed by atoms with Crippen molar-refractivity contribution in [2.24, 2.45) is 0 Å². The van der Waals surface area contributed by atoms with Crippen LogP contribution in [0.1, 0.15) is 42.1 Å². The van der Waals surface area contributed by atoms with Gasteiger partial charge in [-0.25, -0.2) is 4.98 Å². The van der Waals surface area contributed by atoms with Crippen LogP contribution >= 0.6 is 0 Å². The number of rotatable bonds is 2. The van der Waals surface area contributed by atoms with Gasteiger partial charge < -0.3 is 5.32 Å². The molecule has 1 aliphatic carbocycles. The second-order valence-corrected chi connectivity index (χ2v) is 7.01. The lowest BCUT2D eigenvalue weighted by molar-refractivity contribution is -0.114. The lowest BCUT2D eigenvalue weighted by atomic mass is 9.90. The summed E-state index contributed by atoms with van der Waals surface area (Å²) in [7, 11) is 0. The van der Waals surface area contributed by atoms with Gasteiger partial charge in [-0.3, -0.25) is 14.0 Å². The molecule has 0 radical (unpaired) electrons. The number of hydrogen-bond donors (Lipinski definition) is 1. The first kappa shape index (κ1) is 17.2. The van der Waals surface area contributed by atoms with Crippen molar-refractivity contribution in [3.63, 3.8) is 0 Å². The molecule has 0 bridgehead atoms. The molecule has 2 heterocycles. The molecule has 1 aliphatic rings. The number of carbonyl (C=O) groups is 1. The van der Waals surface area contributed by atoms with E-state index in [1.807, 2.05) is 49.5 Å². The van der Waals surface area contributed by atoms with Gasteiger partial charge in [0.1, 0.15) is 5.65 Å². The fourth-order valence-electron chi connectivity index (χ4n) is 3.55. The minimum Gasteiger partial charge on any atom is -0.326 e. The van der Waals surface area contributed by atoms with Crippen LogP contribution in [-0.2, 0) is 11.2 Å². The summed E-state index contributed by atoms with van der Waals surface area (Å²) in [5.74, 6) is -0.0888. The molecule has 1 aromatic carbocycles. The van der Waals surface area contributed by atoms with E-state index in [0.29, 0.717) is 5.65 Å². The number of nitrogens with one attached hydrogen (secondary N) is 1. The van der Waals surface area contributed by atoms with E-state index in [-0.39, 0.29) is 11.5 Å². The number of allylic oxidation sites excluding steroid dienone is 1. The number of anilines is 1. The second kappa shape index (κ2) is 6.83. The van der Waals surface area contributed by atoms with E-state index in [1.165, 1.54) is 6.92 Å². The quantitative estimate of drug-likeness (QED) is 0.756. The Morgan fingerprint density at radius 1 is 1.15 bits per heavy atom. The van der Waals surface area contributed by atoms with Gasteiger partial charge in [0.2, 0.25) is 5.91 Å². The van der Waals surface area contributed by atoms with E-state index < -0.39 is 0 Å². The summed E-state index contributed by atoms with van der Waals surface area (Å²) in [5.41, 5.74) is 6.25. The predicted octanol–water partition coefficient (Wildman–Crippen LogP) is 3.84. The third kappa shape index (κ3) is 3.40. The molecule has 136 valence electrons. The molecule has 0 unspecified atom stereocenters. The van der Waals surface area contributed by atoms with Crippen molar-refractivity contribution in [3.8, 4) is 0 Å². The minimum absolute atomic E-state index is 0.0327. The Hall–Kier alpha value is -3.21. The molecule has 1 N–H and O–H groups in total. The molecular weight excluding hydrogens is 338 g/mol. The van der Waals surface area contributed by atoms with Crippen molar-refractivity contribution in [2.45, 2.75) is 33.1 Å². The second-order valence-electron chi connectivity index (χ2n) is 7.01. The highest BCUT2D eigenvalue weighted by atomic mass is 16.1. The monoisotopic (exact) mass is 359 g/mol. The van der Waals surface area contributed by atoms with Crippen LogP contribution in [0.25, 0.3) is 17.3 Å². The van der Waals surface area contributed by atoms with E-state index in [0.717, 1.165) is 52.9 Å². The molecule has 0 fully saturated rings. The summed E-state index contributed by atoms with van der Waals surface area (Å²) in [6, 6.07) is 11.5. The summed E-state index contributed by atoms with van der Waals surface area (Å²) < 4.78 is 1.65. The molecule has 3 aromatic rings. The Morgan fingerprint density at radius 3 is 2.67 bits per heavy atom. The number of aryl methyl sites for hydroxylation is 1. The number of hydrogen-bond acceptors (Lipinski definition) is 3. The largest absolute Gasteiger partial charge is 0.326 e. The molecule has 4 rings (SSSR count). The van der Waals surface area contributed by atoms with Crippen LogP contribution in [0, 0.1) is 6.92 Å². The van der Waals surface area contributed by atoms with Gasteiger partial charge in [-0.1, -0.05) is 18.2 Å².